The van der Waals surface area contributed by atoms with E-state index in [0.717, 1.165) is 36.6 Å². The summed E-state index contributed by atoms with van der Waals surface area (Å²) >= 11 is 5.20. The summed E-state index contributed by atoms with van der Waals surface area (Å²) in [4.78, 5) is 18.5. The number of aliphatic imine (C=N–C) groups is 1. The minimum absolute atomic E-state index is 0. The molecule has 0 aliphatic carbocycles. The maximum Gasteiger partial charge on any atom is 0.225 e. The van der Waals surface area contributed by atoms with Gasteiger partial charge in [0.25, 0.3) is 0 Å². The second-order valence-electron chi connectivity index (χ2n) is 4.89. The lowest BCUT2D eigenvalue weighted by molar-refractivity contribution is 0.378. The van der Waals surface area contributed by atoms with Crippen LogP contribution in [-0.4, -0.2) is 47.0 Å². The highest BCUT2D eigenvalue weighted by atomic mass is 127. The molecule has 0 bridgehead atoms. The first-order valence-electron chi connectivity index (χ1n) is 7.03. The normalized spacial score (nSPS) is 15.4. The van der Waals surface area contributed by atoms with E-state index in [-0.39, 0.29) is 24.0 Å². The van der Waals surface area contributed by atoms with Gasteiger partial charge >= 0.3 is 0 Å². The summed E-state index contributed by atoms with van der Waals surface area (Å²) in [7, 11) is 0. The first kappa shape index (κ1) is 18.4. The number of aromatic nitrogens is 2. The number of piperazine rings is 1. The third-order valence-electron chi connectivity index (χ3n) is 3.51. The van der Waals surface area contributed by atoms with Crippen molar-refractivity contribution < 1.29 is 0 Å². The van der Waals surface area contributed by atoms with Crippen LogP contribution in [0.4, 0.5) is 5.95 Å². The number of halogens is 2. The van der Waals surface area contributed by atoms with Gasteiger partial charge in [0, 0.05) is 47.9 Å². The minimum Gasteiger partial charge on any atom is -0.370 e. The smallest absolute Gasteiger partial charge is 0.225 e. The Balaban J connectivity index is 0.00000192. The number of anilines is 1. The summed E-state index contributed by atoms with van der Waals surface area (Å²) in [6.07, 6.45) is 3.53. The Kier molecular flexibility index (Phi) is 7.03. The maximum atomic E-state index is 6.11. The fraction of sp³-hybridized carbons (Fsp3) is 0.357. The van der Waals surface area contributed by atoms with Gasteiger partial charge in [-0.05, 0) is 33.4 Å². The van der Waals surface area contributed by atoms with E-state index in [2.05, 4.69) is 40.7 Å². The van der Waals surface area contributed by atoms with Gasteiger partial charge in [-0.3, -0.25) is 0 Å². The molecule has 6 nitrogen and oxygen atoms in total. The number of rotatable bonds is 3. The third-order valence-corrected chi connectivity index (χ3v) is 5.43. The predicted molar refractivity (Wildman–Crippen MR) is 109 cm³/mol. The predicted octanol–water partition coefficient (Wildman–Crippen LogP) is 2.56. The highest BCUT2D eigenvalue weighted by molar-refractivity contribution is 14.0. The van der Waals surface area contributed by atoms with Gasteiger partial charge in [-0.15, -0.1) is 35.3 Å². The number of guanidine groups is 1. The SMILES string of the molecule is I.NC(=NCc1sccc1Br)N1CCN(c2ncccn2)CC1. The van der Waals surface area contributed by atoms with Crippen LogP contribution in [0.15, 0.2) is 39.4 Å². The van der Waals surface area contributed by atoms with E-state index in [1.807, 2.05) is 17.5 Å². The Labute approximate surface area is 165 Å². The van der Waals surface area contributed by atoms with Gasteiger partial charge in [0.2, 0.25) is 5.95 Å². The highest BCUT2D eigenvalue weighted by Crippen LogP contribution is 2.23. The third kappa shape index (κ3) is 4.77. The fourth-order valence-corrected chi connectivity index (χ4v) is 3.68. The Morgan fingerprint density at radius 2 is 1.96 bits per heavy atom. The van der Waals surface area contributed by atoms with Gasteiger partial charge < -0.3 is 15.5 Å². The molecule has 1 aliphatic heterocycles. The second kappa shape index (κ2) is 8.78. The van der Waals surface area contributed by atoms with Crippen LogP contribution < -0.4 is 10.6 Å². The molecule has 0 unspecified atom stereocenters. The maximum absolute atomic E-state index is 6.11. The van der Waals surface area contributed by atoms with Crippen LogP contribution in [0, 0.1) is 0 Å². The first-order chi connectivity index (χ1) is 10.7. The van der Waals surface area contributed by atoms with E-state index in [9.17, 15) is 0 Å². The molecule has 23 heavy (non-hydrogen) atoms. The monoisotopic (exact) mass is 508 g/mol. The zero-order valence-electron chi connectivity index (χ0n) is 12.4. The van der Waals surface area contributed by atoms with Crippen molar-refractivity contribution in [2.24, 2.45) is 10.7 Å². The van der Waals surface area contributed by atoms with Gasteiger partial charge in [0.1, 0.15) is 0 Å². The van der Waals surface area contributed by atoms with Crippen molar-refractivity contribution in [3.8, 4) is 0 Å². The first-order valence-corrected chi connectivity index (χ1v) is 8.70. The van der Waals surface area contributed by atoms with Gasteiger partial charge in [0.05, 0.1) is 6.54 Å². The number of nitrogens with zero attached hydrogens (tertiary/aromatic N) is 5. The van der Waals surface area contributed by atoms with Crippen molar-refractivity contribution in [3.63, 3.8) is 0 Å². The zero-order chi connectivity index (χ0) is 15.4. The molecule has 0 radical (unpaired) electrons. The molecule has 3 rings (SSSR count). The van der Waals surface area contributed by atoms with Crippen LogP contribution in [0.5, 0.6) is 0 Å². The molecule has 2 aromatic rings. The number of nitrogens with two attached hydrogens (primary N) is 1. The topological polar surface area (TPSA) is 70.6 Å². The van der Waals surface area contributed by atoms with Gasteiger partial charge in [-0.25, -0.2) is 15.0 Å². The highest BCUT2D eigenvalue weighted by Gasteiger charge is 2.19. The van der Waals surface area contributed by atoms with Gasteiger partial charge in [-0.1, -0.05) is 0 Å². The van der Waals surface area contributed by atoms with Crippen LogP contribution in [-0.2, 0) is 6.54 Å². The van der Waals surface area contributed by atoms with E-state index in [4.69, 9.17) is 5.73 Å². The molecule has 3 heterocycles. The summed E-state index contributed by atoms with van der Waals surface area (Å²) < 4.78 is 1.10. The Morgan fingerprint density at radius 1 is 1.26 bits per heavy atom. The van der Waals surface area contributed by atoms with E-state index in [1.54, 1.807) is 23.7 Å². The molecule has 9 heteroatoms. The quantitative estimate of drug-likeness (QED) is 0.392. The van der Waals surface area contributed by atoms with Crippen molar-refractivity contribution in [3.05, 3.63) is 39.3 Å². The van der Waals surface area contributed by atoms with Gasteiger partial charge in [0.15, 0.2) is 5.96 Å². The van der Waals surface area contributed by atoms with E-state index in [0.29, 0.717) is 12.5 Å². The molecule has 0 spiro atoms. The van der Waals surface area contributed by atoms with Crippen LogP contribution in [0.2, 0.25) is 0 Å². The molecule has 0 aromatic carbocycles. The van der Waals surface area contributed by atoms with Crippen LogP contribution in [0.25, 0.3) is 0 Å². The second-order valence-corrected chi connectivity index (χ2v) is 6.74. The zero-order valence-corrected chi connectivity index (χ0v) is 17.2. The van der Waals surface area contributed by atoms with E-state index < -0.39 is 0 Å². The van der Waals surface area contributed by atoms with Crippen LogP contribution >= 0.6 is 51.2 Å². The number of hydrogen-bond donors (Lipinski definition) is 1. The lowest BCUT2D eigenvalue weighted by Crippen LogP contribution is -2.51. The Bertz CT molecular complexity index is 642. The van der Waals surface area contributed by atoms with E-state index in [1.165, 1.54) is 4.88 Å². The van der Waals surface area contributed by atoms with Crippen molar-refractivity contribution in [2.75, 3.05) is 31.1 Å². The molecule has 1 saturated heterocycles. The molecule has 0 atom stereocenters. The fourth-order valence-electron chi connectivity index (χ4n) is 2.28. The molecule has 0 saturated carbocycles. The van der Waals surface area contributed by atoms with Crippen LogP contribution in [0.3, 0.4) is 0 Å². The average Bonchev–Trinajstić information content (AvgIpc) is 2.99. The average molecular weight is 509 g/mol. The number of thiophene rings is 1. The van der Waals surface area contributed by atoms with Crippen molar-refractivity contribution in [1.82, 2.24) is 14.9 Å². The Morgan fingerprint density at radius 3 is 2.57 bits per heavy atom. The molecular weight excluding hydrogens is 491 g/mol. The van der Waals surface area contributed by atoms with Crippen molar-refractivity contribution >= 4 is 63.2 Å². The molecule has 2 aromatic heterocycles. The molecule has 124 valence electrons. The van der Waals surface area contributed by atoms with Crippen molar-refractivity contribution in [1.29, 1.82) is 0 Å². The Hall–Kier alpha value is -0.940. The molecule has 1 aliphatic rings. The summed E-state index contributed by atoms with van der Waals surface area (Å²) in [5.74, 6) is 1.38. The summed E-state index contributed by atoms with van der Waals surface area (Å²) in [5, 5.41) is 2.05. The summed E-state index contributed by atoms with van der Waals surface area (Å²) in [6.45, 7) is 3.98. The largest absolute Gasteiger partial charge is 0.370 e. The lowest BCUT2D eigenvalue weighted by Gasteiger charge is -2.35. The van der Waals surface area contributed by atoms with Crippen molar-refractivity contribution in [2.45, 2.75) is 6.54 Å². The summed E-state index contributed by atoms with van der Waals surface area (Å²) in [6, 6.07) is 3.86. The molecule has 2 N–H and O–H groups in total. The summed E-state index contributed by atoms with van der Waals surface area (Å²) in [5.41, 5.74) is 6.11. The number of hydrogen-bond acceptors (Lipinski definition) is 5. The van der Waals surface area contributed by atoms with Crippen LogP contribution in [0.1, 0.15) is 4.88 Å². The lowest BCUT2D eigenvalue weighted by atomic mass is 10.3. The van der Waals surface area contributed by atoms with Gasteiger partial charge in [-0.2, -0.15) is 0 Å². The minimum atomic E-state index is 0. The standard InChI is InChI=1S/C14H17BrN6S.HI/c15-11-2-9-22-12(11)10-19-13(16)20-5-7-21(8-6-20)14-17-3-1-4-18-14;/h1-4,9H,5-8,10H2,(H2,16,19);1H. The molecular formula is C14H18BrIN6S. The molecule has 1 fully saturated rings. The molecule has 0 amide bonds. The van der Waals surface area contributed by atoms with E-state index >= 15 is 0 Å².